The zero-order valence-corrected chi connectivity index (χ0v) is 18.2. The van der Waals surface area contributed by atoms with Gasteiger partial charge in [0.25, 0.3) is 5.91 Å². The molecule has 0 N–H and O–H groups in total. The first-order valence-electron chi connectivity index (χ1n) is 10.5. The maximum atomic E-state index is 13.6. The number of carbonyl (C=O) groups is 1. The smallest absolute Gasteiger partial charge is 0.263 e. The number of hydrogen-bond donors (Lipinski definition) is 0. The number of fused-ring (bicyclic) bond motifs is 2. The van der Waals surface area contributed by atoms with E-state index in [-0.39, 0.29) is 5.91 Å². The van der Waals surface area contributed by atoms with Crippen LogP contribution in [0.3, 0.4) is 0 Å². The van der Waals surface area contributed by atoms with Crippen molar-refractivity contribution in [3.8, 4) is 0 Å². The van der Waals surface area contributed by atoms with E-state index < -0.39 is 0 Å². The molecule has 1 saturated heterocycles. The van der Waals surface area contributed by atoms with Crippen LogP contribution >= 0.6 is 11.6 Å². The van der Waals surface area contributed by atoms with Crippen molar-refractivity contribution in [1.82, 2.24) is 4.90 Å². The zero-order valence-electron chi connectivity index (χ0n) is 17.4. The summed E-state index contributed by atoms with van der Waals surface area (Å²) in [6, 6.07) is 12.0. The molecule has 156 valence electrons. The van der Waals surface area contributed by atoms with Crippen LogP contribution in [0.4, 0.5) is 11.4 Å². The topological polar surface area (TPSA) is 36.0 Å². The normalized spacial score (nSPS) is 20.9. The molecule has 0 bridgehead atoms. The molecule has 0 spiro atoms. The molecule has 30 heavy (non-hydrogen) atoms. The Hall–Kier alpha value is -2.50. The van der Waals surface area contributed by atoms with E-state index in [1.54, 1.807) is 0 Å². The van der Waals surface area contributed by atoms with Gasteiger partial charge in [-0.15, -0.1) is 0 Å². The number of anilines is 2. The van der Waals surface area contributed by atoms with Gasteiger partial charge in [0.1, 0.15) is 12.4 Å². The van der Waals surface area contributed by atoms with Crippen LogP contribution < -0.4 is 9.80 Å². The van der Waals surface area contributed by atoms with Crippen molar-refractivity contribution in [3.63, 3.8) is 0 Å². The van der Waals surface area contributed by atoms with Crippen LogP contribution in [0.15, 0.2) is 36.4 Å². The Balaban J connectivity index is 1.58. The Kier molecular flexibility index (Phi) is 4.95. The lowest BCUT2D eigenvalue weighted by Gasteiger charge is -2.30. The largest absolute Gasteiger partial charge is 0.487 e. The first-order chi connectivity index (χ1) is 14.5. The Morgan fingerprint density at radius 1 is 1.03 bits per heavy atom. The Bertz CT molecular complexity index is 1040. The first kappa shape index (κ1) is 19.5. The minimum atomic E-state index is -0.00243. The van der Waals surface area contributed by atoms with Gasteiger partial charge in [-0.3, -0.25) is 14.6 Å². The summed E-state index contributed by atoms with van der Waals surface area (Å²) in [6.07, 6.45) is 3.65. The van der Waals surface area contributed by atoms with Crippen molar-refractivity contribution >= 4 is 40.2 Å². The highest BCUT2D eigenvalue weighted by Crippen LogP contribution is 2.45. The van der Waals surface area contributed by atoms with Crippen LogP contribution in [0, 0.1) is 0 Å². The van der Waals surface area contributed by atoms with Crippen LogP contribution in [0.5, 0.6) is 0 Å². The SMILES string of the molecule is CN(C)c1ccc2c(c1)CO/C2=C1\C(=O)N(CN2CCCCC2)c2ccc(Cl)cc21. The average Bonchev–Trinajstić information content (AvgIpc) is 3.27. The predicted molar refractivity (Wildman–Crippen MR) is 122 cm³/mol. The fourth-order valence-corrected chi connectivity index (χ4v) is 4.77. The summed E-state index contributed by atoms with van der Waals surface area (Å²) >= 11 is 6.33. The Labute approximate surface area is 182 Å². The summed E-state index contributed by atoms with van der Waals surface area (Å²) in [4.78, 5) is 19.9. The van der Waals surface area contributed by atoms with Gasteiger partial charge in [0.05, 0.1) is 17.9 Å². The highest BCUT2D eigenvalue weighted by molar-refractivity contribution is 6.38. The van der Waals surface area contributed by atoms with Gasteiger partial charge in [0.2, 0.25) is 0 Å². The molecule has 2 aromatic rings. The summed E-state index contributed by atoms with van der Waals surface area (Å²) in [7, 11) is 4.04. The molecule has 0 radical (unpaired) electrons. The van der Waals surface area contributed by atoms with Gasteiger partial charge in [-0.25, -0.2) is 0 Å². The third-order valence-electron chi connectivity index (χ3n) is 6.22. The molecule has 0 atom stereocenters. The molecule has 0 unspecified atom stereocenters. The molecule has 3 aliphatic rings. The number of nitrogens with zero attached hydrogens (tertiary/aromatic N) is 3. The summed E-state index contributed by atoms with van der Waals surface area (Å²) in [6.45, 7) is 3.15. The van der Waals surface area contributed by atoms with E-state index in [2.05, 4.69) is 28.0 Å². The predicted octanol–water partition coefficient (Wildman–Crippen LogP) is 4.59. The van der Waals surface area contributed by atoms with Crippen molar-refractivity contribution in [2.45, 2.75) is 25.9 Å². The Morgan fingerprint density at radius 2 is 1.83 bits per heavy atom. The van der Waals surface area contributed by atoms with Crippen LogP contribution in [-0.4, -0.2) is 44.7 Å². The van der Waals surface area contributed by atoms with Crippen molar-refractivity contribution in [1.29, 1.82) is 0 Å². The Morgan fingerprint density at radius 3 is 2.60 bits per heavy atom. The van der Waals surface area contributed by atoms with Gasteiger partial charge in [-0.1, -0.05) is 18.0 Å². The van der Waals surface area contributed by atoms with Crippen LogP contribution in [0.1, 0.15) is 36.0 Å². The number of hydrogen-bond acceptors (Lipinski definition) is 4. The molecule has 0 aromatic heterocycles. The van der Waals surface area contributed by atoms with Gasteiger partial charge in [0, 0.05) is 41.5 Å². The lowest BCUT2D eigenvalue weighted by molar-refractivity contribution is -0.113. The highest BCUT2D eigenvalue weighted by Gasteiger charge is 2.38. The molecule has 1 fully saturated rings. The monoisotopic (exact) mass is 423 g/mol. The van der Waals surface area contributed by atoms with Gasteiger partial charge in [-0.05, 0) is 62.3 Å². The summed E-state index contributed by atoms with van der Waals surface area (Å²) in [5.41, 5.74) is 5.63. The van der Waals surface area contributed by atoms with Crippen molar-refractivity contribution < 1.29 is 9.53 Å². The molecular weight excluding hydrogens is 398 g/mol. The third kappa shape index (κ3) is 3.26. The summed E-state index contributed by atoms with van der Waals surface area (Å²) in [5.74, 6) is 0.669. The molecular formula is C24H26ClN3O2. The first-order valence-corrected chi connectivity index (χ1v) is 10.9. The van der Waals surface area contributed by atoms with Crippen LogP contribution in [-0.2, 0) is 16.1 Å². The van der Waals surface area contributed by atoms with E-state index in [0.717, 1.165) is 41.2 Å². The van der Waals surface area contributed by atoms with Crippen molar-refractivity contribution in [3.05, 3.63) is 58.1 Å². The molecule has 2 aromatic carbocycles. The molecule has 5 nitrogen and oxygen atoms in total. The number of ether oxygens (including phenoxy) is 1. The standard InChI is InChI=1S/C24H26ClN3O2/c1-26(2)18-7-8-19-16(12-18)14-30-23(19)22-20-13-17(25)6-9-21(20)28(24(22)29)15-27-10-4-3-5-11-27/h6-9,12-13H,3-5,10-11,14-15H2,1-2H3/b23-22-. The fourth-order valence-electron chi connectivity index (χ4n) is 4.60. The van der Waals surface area contributed by atoms with Crippen molar-refractivity contribution in [2.75, 3.05) is 43.7 Å². The van der Waals surface area contributed by atoms with Gasteiger partial charge < -0.3 is 9.64 Å². The van der Waals surface area contributed by atoms with E-state index >= 15 is 0 Å². The van der Waals surface area contributed by atoms with E-state index in [1.165, 1.54) is 19.3 Å². The molecule has 0 aliphatic carbocycles. The van der Waals surface area contributed by atoms with Crippen LogP contribution in [0.25, 0.3) is 11.3 Å². The number of benzene rings is 2. The number of piperidine rings is 1. The second-order valence-electron chi connectivity index (χ2n) is 8.44. The zero-order chi connectivity index (χ0) is 20.8. The van der Waals surface area contributed by atoms with Gasteiger partial charge >= 0.3 is 0 Å². The van der Waals surface area contributed by atoms with Gasteiger partial charge in [-0.2, -0.15) is 0 Å². The highest BCUT2D eigenvalue weighted by atomic mass is 35.5. The van der Waals surface area contributed by atoms with Crippen molar-refractivity contribution in [2.24, 2.45) is 0 Å². The number of rotatable bonds is 3. The van der Waals surface area contributed by atoms with Gasteiger partial charge in [0.15, 0.2) is 0 Å². The van der Waals surface area contributed by atoms with E-state index in [0.29, 0.717) is 29.6 Å². The average molecular weight is 424 g/mol. The van der Waals surface area contributed by atoms with Crippen LogP contribution in [0.2, 0.25) is 5.02 Å². The molecule has 3 heterocycles. The quantitative estimate of drug-likeness (QED) is 0.676. The second-order valence-corrected chi connectivity index (χ2v) is 8.88. The number of likely N-dealkylation sites (tertiary alicyclic amines) is 1. The fraction of sp³-hybridized carbons (Fsp3) is 0.375. The van der Waals surface area contributed by atoms with E-state index in [4.69, 9.17) is 16.3 Å². The molecule has 3 aliphatic heterocycles. The number of halogens is 1. The number of amides is 1. The second kappa shape index (κ2) is 7.64. The molecule has 1 amide bonds. The van der Waals surface area contributed by atoms with E-state index in [9.17, 15) is 4.79 Å². The maximum absolute atomic E-state index is 13.6. The minimum Gasteiger partial charge on any atom is -0.487 e. The minimum absolute atomic E-state index is 0.00243. The number of carbonyl (C=O) groups excluding carboxylic acids is 1. The van der Waals surface area contributed by atoms with E-state index in [1.807, 2.05) is 37.2 Å². The molecule has 5 rings (SSSR count). The lowest BCUT2D eigenvalue weighted by Crippen LogP contribution is -2.42. The summed E-state index contributed by atoms with van der Waals surface area (Å²) < 4.78 is 6.10. The maximum Gasteiger partial charge on any atom is 0.263 e. The summed E-state index contributed by atoms with van der Waals surface area (Å²) in [5, 5.41) is 0.626. The molecule has 0 saturated carbocycles. The molecule has 6 heteroatoms. The lowest BCUT2D eigenvalue weighted by atomic mass is 10.00. The third-order valence-corrected chi connectivity index (χ3v) is 6.45.